The summed E-state index contributed by atoms with van der Waals surface area (Å²) in [6, 6.07) is 2.28. The van der Waals surface area contributed by atoms with Gasteiger partial charge in [-0.05, 0) is 25.7 Å². The van der Waals surface area contributed by atoms with Crippen LogP contribution in [0.25, 0.3) is 0 Å². The molecule has 0 unspecified atom stereocenters. The van der Waals surface area contributed by atoms with Crippen LogP contribution in [0.15, 0.2) is 0 Å². The molecule has 1 amide bonds. The molecule has 0 radical (unpaired) electrons. The van der Waals surface area contributed by atoms with Crippen molar-refractivity contribution in [2.75, 3.05) is 6.61 Å². The van der Waals surface area contributed by atoms with Crippen molar-refractivity contribution in [2.45, 2.75) is 64.0 Å². The van der Waals surface area contributed by atoms with Gasteiger partial charge in [0.1, 0.15) is 11.6 Å². The van der Waals surface area contributed by atoms with E-state index in [1.54, 1.807) is 0 Å². The Morgan fingerprint density at radius 3 is 2.53 bits per heavy atom. The molecular weight excluding hydrogens is 216 g/mol. The minimum absolute atomic E-state index is 0.119. The first-order valence-electron chi connectivity index (χ1n) is 6.52. The van der Waals surface area contributed by atoms with Crippen molar-refractivity contribution in [2.24, 2.45) is 0 Å². The van der Waals surface area contributed by atoms with Crippen LogP contribution in [0.4, 0.5) is 0 Å². The molecule has 96 valence electrons. The van der Waals surface area contributed by atoms with Crippen LogP contribution >= 0.6 is 0 Å². The highest BCUT2D eigenvalue weighted by Crippen LogP contribution is 2.21. The number of hydrogen-bond acceptors (Lipinski definition) is 3. The minimum atomic E-state index is -0.702. The average Bonchev–Trinajstić information content (AvgIpc) is 2.83. The molecule has 0 bridgehead atoms. The fourth-order valence-corrected chi connectivity index (χ4v) is 2.34. The molecule has 1 aliphatic heterocycles. The van der Waals surface area contributed by atoms with Gasteiger partial charge in [-0.15, -0.1) is 0 Å². The second-order valence-corrected chi connectivity index (χ2v) is 4.68. The lowest BCUT2D eigenvalue weighted by Crippen LogP contribution is -2.50. The van der Waals surface area contributed by atoms with Gasteiger partial charge in [0.05, 0.1) is 6.07 Å². The van der Waals surface area contributed by atoms with Gasteiger partial charge >= 0.3 is 0 Å². The first kappa shape index (κ1) is 14.0. The molecule has 1 N–H and O–H groups in total. The Labute approximate surface area is 103 Å². The number of ether oxygens (including phenoxy) is 1. The molecule has 4 nitrogen and oxygen atoms in total. The molecule has 0 spiro atoms. The van der Waals surface area contributed by atoms with Crippen LogP contribution < -0.4 is 5.32 Å². The lowest BCUT2D eigenvalue weighted by atomic mass is 9.90. The Hall–Kier alpha value is -1.08. The molecule has 0 aliphatic carbocycles. The number of rotatable bonds is 6. The summed E-state index contributed by atoms with van der Waals surface area (Å²) < 4.78 is 5.34. The van der Waals surface area contributed by atoms with Crippen LogP contribution in [0.2, 0.25) is 0 Å². The number of nitrogens with zero attached hydrogens (tertiary/aromatic N) is 1. The summed E-state index contributed by atoms with van der Waals surface area (Å²) >= 11 is 0. The maximum Gasteiger partial charge on any atom is 0.250 e. The van der Waals surface area contributed by atoms with Gasteiger partial charge in [0.25, 0.3) is 0 Å². The summed E-state index contributed by atoms with van der Waals surface area (Å²) in [5, 5.41) is 12.2. The van der Waals surface area contributed by atoms with E-state index in [1.165, 1.54) is 0 Å². The highest BCUT2D eigenvalue weighted by Gasteiger charge is 2.34. The lowest BCUT2D eigenvalue weighted by molar-refractivity contribution is -0.131. The van der Waals surface area contributed by atoms with E-state index in [4.69, 9.17) is 4.74 Å². The number of nitrogens with one attached hydrogen (secondary N) is 1. The molecule has 1 rings (SSSR count). The van der Waals surface area contributed by atoms with Gasteiger partial charge in [0.15, 0.2) is 0 Å². The van der Waals surface area contributed by atoms with Gasteiger partial charge in [-0.25, -0.2) is 0 Å². The normalized spacial score (nSPS) is 19.9. The van der Waals surface area contributed by atoms with E-state index in [0.29, 0.717) is 19.4 Å². The first-order valence-corrected chi connectivity index (χ1v) is 6.52. The van der Waals surface area contributed by atoms with Crippen LogP contribution in [-0.2, 0) is 9.53 Å². The van der Waals surface area contributed by atoms with E-state index in [9.17, 15) is 10.1 Å². The maximum absolute atomic E-state index is 12.0. The largest absolute Gasteiger partial charge is 0.368 e. The van der Waals surface area contributed by atoms with Crippen LogP contribution in [0.5, 0.6) is 0 Å². The zero-order valence-electron chi connectivity index (χ0n) is 10.8. The minimum Gasteiger partial charge on any atom is -0.368 e. The summed E-state index contributed by atoms with van der Waals surface area (Å²) in [7, 11) is 0. The fraction of sp³-hybridized carbons (Fsp3) is 0.846. The molecule has 1 fully saturated rings. The second-order valence-electron chi connectivity index (χ2n) is 4.68. The molecule has 1 atom stereocenters. The quantitative estimate of drug-likeness (QED) is 0.771. The van der Waals surface area contributed by atoms with Crippen molar-refractivity contribution in [3.63, 3.8) is 0 Å². The number of nitriles is 1. The van der Waals surface area contributed by atoms with E-state index in [2.05, 4.69) is 11.4 Å². The Balaban J connectivity index is 2.64. The number of carbonyl (C=O) groups excluding carboxylic acids is 1. The molecule has 0 saturated carbocycles. The molecule has 1 saturated heterocycles. The monoisotopic (exact) mass is 238 g/mol. The van der Waals surface area contributed by atoms with Crippen molar-refractivity contribution in [1.29, 1.82) is 5.26 Å². The lowest BCUT2D eigenvalue weighted by Gasteiger charge is -2.28. The maximum atomic E-state index is 12.0. The zero-order chi connectivity index (χ0) is 12.7. The third kappa shape index (κ3) is 3.71. The Morgan fingerprint density at radius 1 is 1.47 bits per heavy atom. The van der Waals surface area contributed by atoms with Crippen LogP contribution in [0, 0.1) is 11.3 Å². The van der Waals surface area contributed by atoms with Crippen molar-refractivity contribution >= 4 is 5.91 Å². The van der Waals surface area contributed by atoms with Gasteiger partial charge < -0.3 is 10.1 Å². The highest BCUT2D eigenvalue weighted by atomic mass is 16.5. The third-order valence-electron chi connectivity index (χ3n) is 3.15. The summed E-state index contributed by atoms with van der Waals surface area (Å²) in [5.74, 6) is -0.119. The van der Waals surface area contributed by atoms with Crippen molar-refractivity contribution in [3.05, 3.63) is 0 Å². The van der Waals surface area contributed by atoms with Crippen molar-refractivity contribution < 1.29 is 9.53 Å². The Kier molecular flexibility index (Phi) is 5.43. The standard InChI is InChI=1S/C13H22N2O2/c1-3-7-13(10-14,8-4-2)15-12(16)11-6-5-9-17-11/h11H,3-9H2,1-2H3,(H,15,16)/t11-/m0/s1. The van der Waals surface area contributed by atoms with Crippen molar-refractivity contribution in [1.82, 2.24) is 5.32 Å². The van der Waals surface area contributed by atoms with Gasteiger partial charge in [0, 0.05) is 6.61 Å². The summed E-state index contributed by atoms with van der Waals surface area (Å²) in [4.78, 5) is 12.0. The first-order chi connectivity index (χ1) is 8.17. The highest BCUT2D eigenvalue weighted by molar-refractivity contribution is 5.82. The zero-order valence-corrected chi connectivity index (χ0v) is 10.8. The van der Waals surface area contributed by atoms with E-state index >= 15 is 0 Å². The van der Waals surface area contributed by atoms with Gasteiger partial charge in [-0.3, -0.25) is 4.79 Å². The average molecular weight is 238 g/mol. The SMILES string of the molecule is CCCC(C#N)(CCC)NC(=O)[C@@H]1CCCO1. The summed E-state index contributed by atoms with van der Waals surface area (Å²) in [6.07, 6.45) is 4.53. The molecule has 4 heteroatoms. The predicted octanol–water partition coefficient (Wildman–Crippen LogP) is 2.14. The number of carbonyl (C=O) groups is 1. The second kappa shape index (κ2) is 6.61. The van der Waals surface area contributed by atoms with Crippen LogP contribution in [-0.4, -0.2) is 24.2 Å². The van der Waals surface area contributed by atoms with E-state index in [0.717, 1.165) is 25.7 Å². The third-order valence-corrected chi connectivity index (χ3v) is 3.15. The predicted molar refractivity (Wildman–Crippen MR) is 65.3 cm³/mol. The molecular formula is C13H22N2O2. The van der Waals surface area contributed by atoms with Crippen LogP contribution in [0.1, 0.15) is 52.4 Å². The van der Waals surface area contributed by atoms with Gasteiger partial charge in [0.2, 0.25) is 5.91 Å². The van der Waals surface area contributed by atoms with Crippen molar-refractivity contribution in [3.8, 4) is 6.07 Å². The molecule has 0 aromatic carbocycles. The van der Waals surface area contributed by atoms with E-state index < -0.39 is 5.54 Å². The Bertz CT molecular complexity index is 284. The molecule has 0 aromatic heterocycles. The van der Waals surface area contributed by atoms with Gasteiger partial charge in [-0.2, -0.15) is 5.26 Å². The molecule has 0 aromatic rings. The topological polar surface area (TPSA) is 62.1 Å². The summed E-state index contributed by atoms with van der Waals surface area (Å²) in [6.45, 7) is 4.71. The summed E-state index contributed by atoms with van der Waals surface area (Å²) in [5.41, 5.74) is -0.702. The molecule has 1 heterocycles. The number of hydrogen-bond donors (Lipinski definition) is 1. The van der Waals surface area contributed by atoms with Crippen LogP contribution in [0.3, 0.4) is 0 Å². The molecule has 17 heavy (non-hydrogen) atoms. The van der Waals surface area contributed by atoms with Gasteiger partial charge in [-0.1, -0.05) is 26.7 Å². The van der Waals surface area contributed by atoms with E-state index in [-0.39, 0.29) is 12.0 Å². The fourth-order valence-electron chi connectivity index (χ4n) is 2.34. The van der Waals surface area contributed by atoms with E-state index in [1.807, 2.05) is 13.8 Å². The number of amides is 1. The Morgan fingerprint density at radius 2 is 2.12 bits per heavy atom. The smallest absolute Gasteiger partial charge is 0.250 e. The molecule has 1 aliphatic rings.